The Morgan fingerprint density at radius 2 is 2.06 bits per heavy atom. The molecule has 0 radical (unpaired) electrons. The Balaban J connectivity index is 2.85. The van der Waals surface area contributed by atoms with Crippen LogP contribution in [0.25, 0.3) is 0 Å². The van der Waals surface area contributed by atoms with Crippen molar-refractivity contribution in [2.75, 3.05) is 5.88 Å². The smallest absolute Gasteiger partial charge is 0.339 e. The molecule has 0 saturated heterocycles. The van der Waals surface area contributed by atoms with Crippen molar-refractivity contribution in [2.45, 2.75) is 19.4 Å². The SMILES string of the molecule is CC(C)(NOC(=O)CCl)C(=NO)c1ccccc1. The van der Waals surface area contributed by atoms with Crippen molar-refractivity contribution in [3.63, 3.8) is 0 Å². The second-order valence-electron chi connectivity index (χ2n) is 4.15. The minimum atomic E-state index is -0.849. The summed E-state index contributed by atoms with van der Waals surface area (Å²) in [5.74, 6) is -0.852. The van der Waals surface area contributed by atoms with Gasteiger partial charge in [0.05, 0.1) is 5.54 Å². The van der Waals surface area contributed by atoms with Gasteiger partial charge in [-0.15, -0.1) is 17.1 Å². The molecule has 6 heteroatoms. The van der Waals surface area contributed by atoms with E-state index in [1.54, 1.807) is 26.0 Å². The zero-order chi connectivity index (χ0) is 13.6. The Bertz CT molecular complexity index is 432. The molecule has 0 atom stereocenters. The highest BCUT2D eigenvalue weighted by molar-refractivity contribution is 6.26. The molecule has 98 valence electrons. The molecule has 0 unspecified atom stereocenters. The maximum Gasteiger partial charge on any atom is 0.339 e. The number of rotatable bonds is 5. The summed E-state index contributed by atoms with van der Waals surface area (Å²) in [4.78, 5) is 15.7. The van der Waals surface area contributed by atoms with Gasteiger partial charge in [0.15, 0.2) is 0 Å². The molecule has 2 N–H and O–H groups in total. The minimum Gasteiger partial charge on any atom is -0.411 e. The highest BCUT2D eigenvalue weighted by atomic mass is 35.5. The predicted molar refractivity (Wildman–Crippen MR) is 68.8 cm³/mol. The van der Waals surface area contributed by atoms with E-state index in [0.717, 1.165) is 5.56 Å². The second kappa shape index (κ2) is 6.37. The molecular formula is C12H15ClN2O3. The molecule has 0 bridgehead atoms. The van der Waals surface area contributed by atoms with E-state index in [4.69, 9.17) is 21.6 Å². The second-order valence-corrected chi connectivity index (χ2v) is 4.42. The summed E-state index contributed by atoms with van der Waals surface area (Å²) < 4.78 is 0. The quantitative estimate of drug-likeness (QED) is 0.371. The van der Waals surface area contributed by atoms with Crippen molar-refractivity contribution in [1.82, 2.24) is 5.48 Å². The molecule has 0 spiro atoms. The molecule has 0 amide bonds. The van der Waals surface area contributed by atoms with Gasteiger partial charge in [0.1, 0.15) is 11.6 Å². The number of hydrogen-bond acceptors (Lipinski definition) is 5. The van der Waals surface area contributed by atoms with Crippen molar-refractivity contribution in [3.8, 4) is 0 Å². The summed E-state index contributed by atoms with van der Waals surface area (Å²) in [6.45, 7) is 3.44. The van der Waals surface area contributed by atoms with Crippen molar-refractivity contribution >= 4 is 23.3 Å². The van der Waals surface area contributed by atoms with Crippen molar-refractivity contribution in [1.29, 1.82) is 0 Å². The van der Waals surface area contributed by atoms with Crippen LogP contribution in [0.4, 0.5) is 0 Å². The zero-order valence-corrected chi connectivity index (χ0v) is 10.9. The fourth-order valence-corrected chi connectivity index (χ4v) is 1.45. The Morgan fingerprint density at radius 3 is 2.56 bits per heavy atom. The van der Waals surface area contributed by atoms with E-state index < -0.39 is 11.5 Å². The average molecular weight is 271 g/mol. The van der Waals surface area contributed by atoms with Crippen LogP contribution in [0.15, 0.2) is 35.5 Å². The largest absolute Gasteiger partial charge is 0.411 e. The van der Waals surface area contributed by atoms with Gasteiger partial charge < -0.3 is 10.0 Å². The van der Waals surface area contributed by atoms with Gasteiger partial charge in [-0.3, -0.25) is 0 Å². The molecule has 18 heavy (non-hydrogen) atoms. The number of carbonyl (C=O) groups is 1. The molecule has 0 aromatic heterocycles. The van der Waals surface area contributed by atoms with E-state index >= 15 is 0 Å². The molecule has 0 saturated carbocycles. The van der Waals surface area contributed by atoms with Gasteiger partial charge in [0.2, 0.25) is 0 Å². The lowest BCUT2D eigenvalue weighted by molar-refractivity contribution is -0.150. The first-order chi connectivity index (χ1) is 8.51. The van der Waals surface area contributed by atoms with E-state index in [0.29, 0.717) is 5.71 Å². The summed E-state index contributed by atoms with van der Waals surface area (Å²) in [6.07, 6.45) is 0. The number of benzene rings is 1. The van der Waals surface area contributed by atoms with Crippen LogP contribution in [0, 0.1) is 0 Å². The van der Waals surface area contributed by atoms with Crippen LogP contribution >= 0.6 is 11.6 Å². The maximum absolute atomic E-state index is 11.0. The molecule has 0 aliphatic rings. The number of nitrogens with zero attached hydrogens (tertiary/aromatic N) is 1. The van der Waals surface area contributed by atoms with Gasteiger partial charge in [-0.1, -0.05) is 35.5 Å². The molecule has 1 aromatic rings. The van der Waals surface area contributed by atoms with Crippen LogP contribution in [-0.4, -0.2) is 28.3 Å². The van der Waals surface area contributed by atoms with Gasteiger partial charge in [0.25, 0.3) is 0 Å². The van der Waals surface area contributed by atoms with Gasteiger partial charge >= 0.3 is 5.97 Å². The summed E-state index contributed by atoms with van der Waals surface area (Å²) >= 11 is 5.32. The number of carbonyl (C=O) groups excluding carboxylic acids is 1. The Morgan fingerprint density at radius 1 is 1.44 bits per heavy atom. The van der Waals surface area contributed by atoms with E-state index in [1.165, 1.54) is 0 Å². The van der Waals surface area contributed by atoms with Gasteiger partial charge in [-0.2, -0.15) is 0 Å². The molecule has 0 aliphatic heterocycles. The van der Waals surface area contributed by atoms with Gasteiger partial charge in [-0.25, -0.2) is 4.79 Å². The lowest BCUT2D eigenvalue weighted by Crippen LogP contribution is -2.48. The number of halogens is 1. The minimum absolute atomic E-state index is 0.250. The maximum atomic E-state index is 11.0. The summed E-state index contributed by atoms with van der Waals surface area (Å²) in [5, 5.41) is 12.4. The zero-order valence-electron chi connectivity index (χ0n) is 10.2. The first-order valence-electron chi connectivity index (χ1n) is 5.32. The standard InChI is InChI=1S/C12H15ClN2O3/c1-12(2,15-18-10(16)8-13)11(14-17)9-6-4-3-5-7-9/h3-7,15,17H,8H2,1-2H3. The van der Waals surface area contributed by atoms with E-state index in [2.05, 4.69) is 10.6 Å². The van der Waals surface area contributed by atoms with Crippen LogP contribution < -0.4 is 5.48 Å². The molecule has 0 heterocycles. The Kier molecular flexibility index (Phi) is 5.12. The highest BCUT2D eigenvalue weighted by Gasteiger charge is 2.28. The number of alkyl halides is 1. The third kappa shape index (κ3) is 3.72. The summed E-state index contributed by atoms with van der Waals surface area (Å²) in [7, 11) is 0. The fraction of sp³-hybridized carbons (Fsp3) is 0.333. The van der Waals surface area contributed by atoms with Crippen LogP contribution in [0.3, 0.4) is 0 Å². The van der Waals surface area contributed by atoms with Gasteiger partial charge in [-0.05, 0) is 13.8 Å². The van der Waals surface area contributed by atoms with Crippen molar-refractivity contribution in [3.05, 3.63) is 35.9 Å². The third-order valence-electron chi connectivity index (χ3n) is 2.27. The molecule has 5 nitrogen and oxygen atoms in total. The van der Waals surface area contributed by atoms with E-state index in [1.807, 2.05) is 18.2 Å². The lowest BCUT2D eigenvalue weighted by Gasteiger charge is -2.25. The van der Waals surface area contributed by atoms with E-state index in [-0.39, 0.29) is 5.88 Å². The van der Waals surface area contributed by atoms with Crippen LogP contribution in [-0.2, 0) is 9.63 Å². The number of hydroxylamine groups is 1. The first kappa shape index (κ1) is 14.5. The first-order valence-corrected chi connectivity index (χ1v) is 5.85. The van der Waals surface area contributed by atoms with Crippen LogP contribution in [0.5, 0.6) is 0 Å². The van der Waals surface area contributed by atoms with Crippen LogP contribution in [0.1, 0.15) is 19.4 Å². The molecule has 1 aromatic carbocycles. The number of hydrogen-bond donors (Lipinski definition) is 2. The van der Waals surface area contributed by atoms with Gasteiger partial charge in [0, 0.05) is 5.56 Å². The predicted octanol–water partition coefficient (Wildman–Crippen LogP) is 1.93. The topological polar surface area (TPSA) is 70.9 Å². The Hall–Kier alpha value is -1.59. The highest BCUT2D eigenvalue weighted by Crippen LogP contribution is 2.14. The molecule has 1 rings (SSSR count). The third-order valence-corrected chi connectivity index (χ3v) is 2.49. The van der Waals surface area contributed by atoms with Crippen LogP contribution in [0.2, 0.25) is 0 Å². The van der Waals surface area contributed by atoms with E-state index in [9.17, 15) is 4.79 Å². The molecule has 0 aliphatic carbocycles. The normalized spacial score (nSPS) is 12.3. The van der Waals surface area contributed by atoms with Crippen molar-refractivity contribution in [2.24, 2.45) is 5.16 Å². The lowest BCUT2D eigenvalue weighted by atomic mass is 9.93. The fourth-order valence-electron chi connectivity index (χ4n) is 1.40. The average Bonchev–Trinajstić information content (AvgIpc) is 2.38. The molecule has 0 fully saturated rings. The molecular weight excluding hydrogens is 256 g/mol. The Labute approximate surface area is 110 Å². The van der Waals surface area contributed by atoms with Crippen molar-refractivity contribution < 1.29 is 14.8 Å². The summed E-state index contributed by atoms with van der Waals surface area (Å²) in [6, 6.07) is 9.08. The number of oxime groups is 1. The monoisotopic (exact) mass is 270 g/mol. The summed E-state index contributed by atoms with van der Waals surface area (Å²) in [5.41, 5.74) is 2.76. The number of nitrogens with one attached hydrogen (secondary N) is 1.